The maximum absolute atomic E-state index is 13.3. The van der Waals surface area contributed by atoms with E-state index in [4.69, 9.17) is 5.73 Å². The molecule has 104 valence electrons. The van der Waals surface area contributed by atoms with Crippen molar-refractivity contribution < 1.29 is 9.18 Å². The molecule has 0 unspecified atom stereocenters. The molecule has 2 N–H and O–H groups in total. The van der Waals surface area contributed by atoms with Crippen molar-refractivity contribution in [2.24, 2.45) is 0 Å². The molecule has 1 aromatic carbocycles. The van der Waals surface area contributed by atoms with Crippen molar-refractivity contribution in [3.63, 3.8) is 0 Å². The molecule has 0 aromatic heterocycles. The molecule has 0 radical (unpaired) electrons. The lowest BCUT2D eigenvalue weighted by molar-refractivity contribution is -0.127. The van der Waals surface area contributed by atoms with Gasteiger partial charge in [-0.2, -0.15) is 0 Å². The van der Waals surface area contributed by atoms with Crippen molar-refractivity contribution in [1.82, 2.24) is 4.90 Å². The highest BCUT2D eigenvalue weighted by Gasteiger charge is 2.12. The SMILES string of the molecule is C=C(C)CN(CC)C(=O)CSc1ccc(N)c(F)c1. The first-order chi connectivity index (χ1) is 8.93. The van der Waals surface area contributed by atoms with Gasteiger partial charge in [-0.1, -0.05) is 12.2 Å². The number of thioether (sulfide) groups is 1. The van der Waals surface area contributed by atoms with E-state index < -0.39 is 5.82 Å². The smallest absolute Gasteiger partial charge is 0.233 e. The van der Waals surface area contributed by atoms with Gasteiger partial charge in [-0.3, -0.25) is 4.79 Å². The van der Waals surface area contributed by atoms with Crippen molar-refractivity contribution in [3.05, 3.63) is 36.2 Å². The average Bonchev–Trinajstić information content (AvgIpc) is 2.36. The highest BCUT2D eigenvalue weighted by Crippen LogP contribution is 2.22. The number of hydrogen-bond acceptors (Lipinski definition) is 3. The Morgan fingerprint density at radius 2 is 2.21 bits per heavy atom. The van der Waals surface area contributed by atoms with E-state index in [-0.39, 0.29) is 17.3 Å². The number of nitrogens with two attached hydrogens (primary N) is 1. The predicted octanol–water partition coefficient (Wildman–Crippen LogP) is 2.92. The van der Waals surface area contributed by atoms with Gasteiger partial charge in [-0.15, -0.1) is 11.8 Å². The van der Waals surface area contributed by atoms with Crippen molar-refractivity contribution in [1.29, 1.82) is 0 Å². The number of rotatable bonds is 6. The van der Waals surface area contributed by atoms with Crippen LogP contribution in [0.2, 0.25) is 0 Å². The Morgan fingerprint density at radius 3 is 2.74 bits per heavy atom. The van der Waals surface area contributed by atoms with Gasteiger partial charge in [0, 0.05) is 18.0 Å². The van der Waals surface area contributed by atoms with Crippen LogP contribution in [0.25, 0.3) is 0 Å². The summed E-state index contributed by atoms with van der Waals surface area (Å²) >= 11 is 1.31. The Labute approximate surface area is 117 Å². The van der Waals surface area contributed by atoms with Crippen LogP contribution < -0.4 is 5.73 Å². The maximum atomic E-state index is 13.3. The van der Waals surface area contributed by atoms with E-state index in [1.54, 1.807) is 11.0 Å². The molecule has 0 aliphatic heterocycles. The zero-order valence-corrected chi connectivity index (χ0v) is 12.1. The summed E-state index contributed by atoms with van der Waals surface area (Å²) in [6.07, 6.45) is 0. The quantitative estimate of drug-likeness (QED) is 0.496. The molecule has 3 nitrogen and oxygen atoms in total. The largest absolute Gasteiger partial charge is 0.396 e. The van der Waals surface area contributed by atoms with E-state index >= 15 is 0 Å². The average molecular weight is 282 g/mol. The molecule has 1 rings (SSSR count). The van der Waals surface area contributed by atoms with E-state index in [0.717, 1.165) is 5.57 Å². The first-order valence-electron chi connectivity index (χ1n) is 6.04. The van der Waals surface area contributed by atoms with E-state index in [1.807, 2.05) is 13.8 Å². The van der Waals surface area contributed by atoms with Crippen LogP contribution in [0.4, 0.5) is 10.1 Å². The maximum Gasteiger partial charge on any atom is 0.233 e. The highest BCUT2D eigenvalue weighted by atomic mass is 32.2. The monoisotopic (exact) mass is 282 g/mol. The number of halogens is 1. The van der Waals surface area contributed by atoms with Gasteiger partial charge in [-0.05, 0) is 32.0 Å². The third-order valence-electron chi connectivity index (χ3n) is 2.53. The summed E-state index contributed by atoms with van der Waals surface area (Å²) < 4.78 is 13.3. The number of hydrogen-bond donors (Lipinski definition) is 1. The lowest BCUT2D eigenvalue weighted by Gasteiger charge is -2.20. The zero-order valence-electron chi connectivity index (χ0n) is 11.3. The number of nitrogens with zero attached hydrogens (tertiary/aromatic N) is 1. The Bertz CT molecular complexity index is 477. The number of nitrogen functional groups attached to an aromatic ring is 1. The molecule has 19 heavy (non-hydrogen) atoms. The molecule has 0 atom stereocenters. The fourth-order valence-electron chi connectivity index (χ4n) is 1.54. The summed E-state index contributed by atoms with van der Waals surface area (Å²) in [4.78, 5) is 14.4. The molecule has 0 heterocycles. The zero-order chi connectivity index (χ0) is 14.4. The standard InChI is InChI=1S/C14H19FN2OS/c1-4-17(8-10(2)3)14(18)9-19-11-5-6-13(16)12(15)7-11/h5-7H,2,4,8-9,16H2,1,3H3. The predicted molar refractivity (Wildman–Crippen MR) is 78.6 cm³/mol. The first kappa shape index (κ1) is 15.6. The Balaban J connectivity index is 2.57. The van der Waals surface area contributed by atoms with Gasteiger partial charge in [0.1, 0.15) is 5.82 Å². The summed E-state index contributed by atoms with van der Waals surface area (Å²) in [6.45, 7) is 8.82. The summed E-state index contributed by atoms with van der Waals surface area (Å²) in [7, 11) is 0. The van der Waals surface area contributed by atoms with Gasteiger partial charge in [0.2, 0.25) is 5.91 Å². The van der Waals surface area contributed by atoms with Crippen LogP contribution in [-0.4, -0.2) is 29.6 Å². The molecule has 0 bridgehead atoms. The Kier molecular flexibility index (Phi) is 5.89. The molecule has 0 saturated carbocycles. The molecular formula is C14H19FN2OS. The topological polar surface area (TPSA) is 46.3 Å². The first-order valence-corrected chi connectivity index (χ1v) is 7.02. The van der Waals surface area contributed by atoms with E-state index in [2.05, 4.69) is 6.58 Å². The molecule has 0 spiro atoms. The minimum absolute atomic E-state index is 0.0210. The van der Waals surface area contributed by atoms with Crippen molar-refractivity contribution in [2.75, 3.05) is 24.6 Å². The normalized spacial score (nSPS) is 10.3. The Hall–Kier alpha value is -1.49. The van der Waals surface area contributed by atoms with Crippen LogP contribution in [0.3, 0.4) is 0 Å². The van der Waals surface area contributed by atoms with Gasteiger partial charge >= 0.3 is 0 Å². The van der Waals surface area contributed by atoms with Crippen LogP contribution in [0.15, 0.2) is 35.2 Å². The summed E-state index contributed by atoms with van der Waals surface area (Å²) in [5.41, 5.74) is 6.46. The summed E-state index contributed by atoms with van der Waals surface area (Å²) in [5.74, 6) is -0.149. The lowest BCUT2D eigenvalue weighted by Crippen LogP contribution is -2.33. The van der Waals surface area contributed by atoms with Crippen molar-refractivity contribution >= 4 is 23.4 Å². The lowest BCUT2D eigenvalue weighted by atomic mass is 10.3. The minimum atomic E-state index is -0.452. The number of benzene rings is 1. The van der Waals surface area contributed by atoms with Crippen LogP contribution in [0.1, 0.15) is 13.8 Å². The fourth-order valence-corrected chi connectivity index (χ4v) is 2.36. The molecule has 1 amide bonds. The molecule has 0 saturated heterocycles. The third-order valence-corrected chi connectivity index (χ3v) is 3.51. The number of carbonyl (C=O) groups excluding carboxylic acids is 1. The van der Waals surface area contributed by atoms with Crippen molar-refractivity contribution in [2.45, 2.75) is 18.7 Å². The van der Waals surface area contributed by atoms with Gasteiger partial charge in [0.25, 0.3) is 0 Å². The second-order valence-electron chi connectivity index (χ2n) is 4.34. The molecule has 0 aliphatic rings. The van der Waals surface area contributed by atoms with Crippen LogP contribution >= 0.6 is 11.8 Å². The van der Waals surface area contributed by atoms with Gasteiger partial charge in [0.15, 0.2) is 0 Å². The Morgan fingerprint density at radius 1 is 1.53 bits per heavy atom. The van der Waals surface area contributed by atoms with Gasteiger partial charge < -0.3 is 10.6 Å². The van der Waals surface area contributed by atoms with E-state index in [1.165, 1.54) is 23.9 Å². The van der Waals surface area contributed by atoms with E-state index in [0.29, 0.717) is 18.0 Å². The summed E-state index contributed by atoms with van der Waals surface area (Å²) in [6, 6.07) is 4.57. The number of amides is 1. The molecule has 5 heteroatoms. The molecule has 0 fully saturated rings. The van der Waals surface area contributed by atoms with Gasteiger partial charge in [-0.25, -0.2) is 4.39 Å². The second-order valence-corrected chi connectivity index (χ2v) is 5.39. The summed E-state index contributed by atoms with van der Waals surface area (Å²) in [5, 5.41) is 0. The fraction of sp³-hybridized carbons (Fsp3) is 0.357. The second kappa shape index (κ2) is 7.19. The van der Waals surface area contributed by atoms with Crippen LogP contribution in [0, 0.1) is 5.82 Å². The van der Waals surface area contributed by atoms with E-state index in [9.17, 15) is 9.18 Å². The number of likely N-dealkylation sites (N-methyl/N-ethyl adjacent to an activating group) is 1. The van der Waals surface area contributed by atoms with Gasteiger partial charge in [0.05, 0.1) is 11.4 Å². The van der Waals surface area contributed by atoms with Crippen LogP contribution in [-0.2, 0) is 4.79 Å². The molecule has 1 aromatic rings. The molecule has 0 aliphatic carbocycles. The number of carbonyl (C=O) groups is 1. The molecular weight excluding hydrogens is 263 g/mol. The highest BCUT2D eigenvalue weighted by molar-refractivity contribution is 8.00. The van der Waals surface area contributed by atoms with Crippen molar-refractivity contribution in [3.8, 4) is 0 Å². The third kappa shape index (κ3) is 4.95. The number of anilines is 1. The minimum Gasteiger partial charge on any atom is -0.396 e. The van der Waals surface area contributed by atoms with Crippen LogP contribution in [0.5, 0.6) is 0 Å².